The first-order valence-electron chi connectivity index (χ1n) is 6.29. The summed E-state index contributed by atoms with van der Waals surface area (Å²) in [6, 6.07) is 0.373. The van der Waals surface area contributed by atoms with Gasteiger partial charge in [0.05, 0.1) is 4.92 Å². The van der Waals surface area contributed by atoms with Crippen molar-refractivity contribution in [3.63, 3.8) is 0 Å². The Labute approximate surface area is 106 Å². The van der Waals surface area contributed by atoms with E-state index in [0.717, 1.165) is 18.8 Å². The third-order valence-corrected chi connectivity index (χ3v) is 3.78. The number of nitrogens with zero attached hydrogens (tertiary/aromatic N) is 3. The molecule has 3 unspecified atom stereocenters. The predicted molar refractivity (Wildman–Crippen MR) is 68.3 cm³/mol. The molecule has 98 valence electrons. The van der Waals surface area contributed by atoms with Crippen molar-refractivity contribution in [2.45, 2.75) is 39.2 Å². The summed E-state index contributed by atoms with van der Waals surface area (Å²) >= 11 is 0. The fraction of sp³-hybridized carbons (Fsp3) is 0.667. The number of hydrogen-bond donors (Lipinski definition) is 1. The smallest absolute Gasteiger partial charge is 0.305 e. The molecule has 0 aliphatic heterocycles. The Morgan fingerprint density at radius 3 is 2.50 bits per heavy atom. The van der Waals surface area contributed by atoms with E-state index in [2.05, 4.69) is 29.1 Å². The fourth-order valence-electron chi connectivity index (χ4n) is 2.35. The molecule has 18 heavy (non-hydrogen) atoms. The zero-order valence-corrected chi connectivity index (χ0v) is 10.7. The van der Waals surface area contributed by atoms with E-state index in [0.29, 0.717) is 17.9 Å². The van der Waals surface area contributed by atoms with Crippen LogP contribution < -0.4 is 5.32 Å². The molecule has 0 amide bonds. The van der Waals surface area contributed by atoms with Crippen LogP contribution in [0.5, 0.6) is 0 Å². The average Bonchev–Trinajstić information content (AvgIpc) is 2.34. The predicted octanol–water partition coefficient (Wildman–Crippen LogP) is 2.62. The van der Waals surface area contributed by atoms with Gasteiger partial charge < -0.3 is 5.32 Å². The van der Waals surface area contributed by atoms with Gasteiger partial charge in [0, 0.05) is 6.04 Å². The highest BCUT2D eigenvalue weighted by Crippen LogP contribution is 2.30. The molecular weight excluding hydrogens is 232 g/mol. The van der Waals surface area contributed by atoms with Crippen LogP contribution in [0.1, 0.15) is 33.1 Å². The van der Waals surface area contributed by atoms with Crippen LogP contribution in [0.3, 0.4) is 0 Å². The van der Waals surface area contributed by atoms with E-state index in [1.165, 1.54) is 18.8 Å². The average molecular weight is 250 g/mol. The highest BCUT2D eigenvalue weighted by Gasteiger charge is 2.24. The second-order valence-electron chi connectivity index (χ2n) is 5.13. The Balaban J connectivity index is 1.95. The molecule has 1 N–H and O–H groups in total. The van der Waals surface area contributed by atoms with Gasteiger partial charge in [0.1, 0.15) is 12.4 Å². The molecule has 0 saturated heterocycles. The number of aromatic nitrogens is 2. The Kier molecular flexibility index (Phi) is 3.74. The molecule has 1 fully saturated rings. The van der Waals surface area contributed by atoms with Gasteiger partial charge in [0.15, 0.2) is 0 Å². The van der Waals surface area contributed by atoms with Crippen LogP contribution in [-0.2, 0) is 0 Å². The van der Waals surface area contributed by atoms with E-state index in [-0.39, 0.29) is 5.69 Å². The maximum atomic E-state index is 10.5. The first-order valence-corrected chi connectivity index (χ1v) is 6.29. The maximum Gasteiger partial charge on any atom is 0.305 e. The minimum atomic E-state index is -0.492. The third kappa shape index (κ3) is 2.94. The van der Waals surface area contributed by atoms with Crippen LogP contribution in [0.4, 0.5) is 11.6 Å². The minimum absolute atomic E-state index is 0.0776. The number of nitrogens with one attached hydrogen (secondary N) is 1. The molecule has 1 aliphatic rings. The van der Waals surface area contributed by atoms with Crippen LogP contribution in [-0.4, -0.2) is 20.9 Å². The van der Waals surface area contributed by atoms with E-state index in [9.17, 15) is 10.1 Å². The van der Waals surface area contributed by atoms with Crippen molar-refractivity contribution in [2.75, 3.05) is 5.32 Å². The van der Waals surface area contributed by atoms with Crippen molar-refractivity contribution < 1.29 is 4.92 Å². The summed E-state index contributed by atoms with van der Waals surface area (Å²) < 4.78 is 0. The molecule has 3 atom stereocenters. The van der Waals surface area contributed by atoms with Gasteiger partial charge in [-0.2, -0.15) is 0 Å². The largest absolute Gasteiger partial charge is 0.351 e. The van der Waals surface area contributed by atoms with Gasteiger partial charge in [0.25, 0.3) is 0 Å². The molecule has 1 aromatic rings. The monoisotopic (exact) mass is 250 g/mol. The molecule has 1 heterocycles. The lowest BCUT2D eigenvalue weighted by molar-refractivity contribution is -0.385. The lowest BCUT2D eigenvalue weighted by Crippen LogP contribution is -2.30. The normalized spacial score (nSPS) is 27.8. The van der Waals surface area contributed by atoms with Crippen molar-refractivity contribution in [1.82, 2.24) is 9.97 Å². The molecular formula is C12H18N4O2. The molecule has 6 heteroatoms. The van der Waals surface area contributed by atoms with Crippen LogP contribution in [0.2, 0.25) is 0 Å². The van der Waals surface area contributed by atoms with Gasteiger partial charge in [0.2, 0.25) is 5.95 Å². The highest BCUT2D eigenvalue weighted by atomic mass is 16.6. The first-order chi connectivity index (χ1) is 8.56. The Bertz CT molecular complexity index is 421. The standard InChI is InChI=1S/C12H18N4O2/c1-8-3-4-10(5-9(8)2)15-12-13-6-11(7-14-12)16(17)18/h6-10H,3-5H2,1-2H3,(H,13,14,15). The highest BCUT2D eigenvalue weighted by molar-refractivity contribution is 5.31. The van der Waals surface area contributed by atoms with E-state index >= 15 is 0 Å². The lowest BCUT2D eigenvalue weighted by Gasteiger charge is -2.32. The molecule has 1 saturated carbocycles. The molecule has 6 nitrogen and oxygen atoms in total. The van der Waals surface area contributed by atoms with E-state index in [1.54, 1.807) is 0 Å². The van der Waals surface area contributed by atoms with Crippen LogP contribution in [0.15, 0.2) is 12.4 Å². The third-order valence-electron chi connectivity index (χ3n) is 3.78. The first kappa shape index (κ1) is 12.7. The van der Waals surface area contributed by atoms with Crippen molar-refractivity contribution in [1.29, 1.82) is 0 Å². The summed E-state index contributed by atoms with van der Waals surface area (Å²) in [5.41, 5.74) is -0.0776. The number of rotatable bonds is 3. The van der Waals surface area contributed by atoms with Gasteiger partial charge in [-0.1, -0.05) is 13.8 Å². The zero-order valence-electron chi connectivity index (χ0n) is 10.7. The quantitative estimate of drug-likeness (QED) is 0.658. The Hall–Kier alpha value is -1.72. The van der Waals surface area contributed by atoms with Gasteiger partial charge in [-0.05, 0) is 31.1 Å². The number of hydrogen-bond acceptors (Lipinski definition) is 5. The number of nitro groups is 1. The second kappa shape index (κ2) is 5.29. The second-order valence-corrected chi connectivity index (χ2v) is 5.13. The molecule has 1 aromatic heterocycles. The topological polar surface area (TPSA) is 81.0 Å². The summed E-state index contributed by atoms with van der Waals surface area (Å²) in [6.45, 7) is 4.54. The van der Waals surface area contributed by atoms with Gasteiger partial charge in [-0.15, -0.1) is 0 Å². The molecule has 0 aromatic carbocycles. The van der Waals surface area contributed by atoms with Crippen molar-refractivity contribution >= 4 is 11.6 Å². The van der Waals surface area contributed by atoms with E-state index < -0.39 is 4.92 Å². The summed E-state index contributed by atoms with van der Waals surface area (Å²) in [7, 11) is 0. The molecule has 0 bridgehead atoms. The summed E-state index contributed by atoms with van der Waals surface area (Å²) in [5, 5.41) is 13.7. The van der Waals surface area contributed by atoms with Gasteiger partial charge in [-0.25, -0.2) is 9.97 Å². The van der Waals surface area contributed by atoms with E-state index in [1.807, 2.05) is 0 Å². The zero-order chi connectivity index (χ0) is 13.1. The van der Waals surface area contributed by atoms with Crippen molar-refractivity contribution in [2.24, 2.45) is 11.8 Å². The van der Waals surface area contributed by atoms with Crippen LogP contribution in [0.25, 0.3) is 0 Å². The van der Waals surface area contributed by atoms with Gasteiger partial charge >= 0.3 is 5.69 Å². The van der Waals surface area contributed by atoms with E-state index in [4.69, 9.17) is 0 Å². The summed E-state index contributed by atoms with van der Waals surface area (Å²) in [6.07, 6.45) is 5.88. The SMILES string of the molecule is CC1CCC(Nc2ncc([N+](=O)[O-])cn2)CC1C. The maximum absolute atomic E-state index is 10.5. The molecule has 0 spiro atoms. The lowest BCUT2D eigenvalue weighted by atomic mass is 9.79. The Morgan fingerprint density at radius 2 is 1.94 bits per heavy atom. The van der Waals surface area contributed by atoms with Crippen LogP contribution >= 0.6 is 0 Å². The van der Waals surface area contributed by atoms with Crippen molar-refractivity contribution in [3.8, 4) is 0 Å². The fourth-order valence-corrected chi connectivity index (χ4v) is 2.35. The minimum Gasteiger partial charge on any atom is -0.351 e. The summed E-state index contributed by atoms with van der Waals surface area (Å²) in [4.78, 5) is 17.9. The molecule has 2 rings (SSSR count). The molecule has 0 radical (unpaired) electrons. The summed E-state index contributed by atoms with van der Waals surface area (Å²) in [5.74, 6) is 1.93. The van der Waals surface area contributed by atoms with Gasteiger partial charge in [-0.3, -0.25) is 10.1 Å². The Morgan fingerprint density at radius 1 is 1.28 bits per heavy atom. The van der Waals surface area contributed by atoms with Crippen LogP contribution in [0, 0.1) is 22.0 Å². The number of anilines is 1. The molecule has 1 aliphatic carbocycles. The van der Waals surface area contributed by atoms with Crippen molar-refractivity contribution in [3.05, 3.63) is 22.5 Å².